The molecular formula is C10H11NO4. The number of aliphatic carboxylic acids is 1. The van der Waals surface area contributed by atoms with Gasteiger partial charge in [-0.2, -0.15) is 0 Å². The second-order valence-corrected chi connectivity index (χ2v) is 3.95. The molecule has 1 aliphatic heterocycles. The van der Waals surface area contributed by atoms with E-state index in [0.717, 1.165) is 5.56 Å². The minimum atomic E-state index is -1.02. The van der Waals surface area contributed by atoms with Gasteiger partial charge in [-0.25, -0.2) is 4.79 Å². The van der Waals surface area contributed by atoms with E-state index in [2.05, 4.69) is 5.32 Å². The van der Waals surface area contributed by atoms with Crippen LogP contribution in [0, 0.1) is 0 Å². The number of amides is 1. The van der Waals surface area contributed by atoms with Gasteiger partial charge in [0.15, 0.2) is 0 Å². The number of hydrogen-bond acceptors (Lipinski definition) is 3. The Morgan fingerprint density at radius 2 is 2.47 bits per heavy atom. The Kier molecular flexibility index (Phi) is 2.03. The lowest BCUT2D eigenvalue weighted by molar-refractivity contribution is -0.141. The van der Waals surface area contributed by atoms with Crippen LogP contribution in [0.2, 0.25) is 0 Å². The maximum absolute atomic E-state index is 11.3. The van der Waals surface area contributed by atoms with Gasteiger partial charge in [0.1, 0.15) is 6.04 Å². The molecule has 2 unspecified atom stereocenters. The van der Waals surface area contributed by atoms with E-state index in [9.17, 15) is 9.59 Å². The van der Waals surface area contributed by atoms with Crippen LogP contribution in [-0.2, 0) is 15.0 Å². The largest absolute Gasteiger partial charge is 0.480 e. The van der Waals surface area contributed by atoms with Crippen LogP contribution in [0.1, 0.15) is 18.9 Å². The van der Waals surface area contributed by atoms with Gasteiger partial charge in [0.05, 0.1) is 12.5 Å². The first-order valence-electron chi connectivity index (χ1n) is 4.59. The van der Waals surface area contributed by atoms with Crippen LogP contribution in [0.3, 0.4) is 0 Å². The fourth-order valence-electron chi connectivity index (χ4n) is 2.00. The smallest absolute Gasteiger partial charge is 0.327 e. The highest BCUT2D eigenvalue weighted by atomic mass is 16.4. The zero-order valence-electron chi connectivity index (χ0n) is 8.19. The van der Waals surface area contributed by atoms with Crippen molar-refractivity contribution in [3.63, 3.8) is 0 Å². The van der Waals surface area contributed by atoms with Crippen molar-refractivity contribution in [3.8, 4) is 0 Å². The molecule has 5 nitrogen and oxygen atoms in total. The summed E-state index contributed by atoms with van der Waals surface area (Å²) in [5.41, 5.74) is 0.00359. The Hall–Kier alpha value is -1.78. The second-order valence-electron chi connectivity index (χ2n) is 3.95. The van der Waals surface area contributed by atoms with E-state index in [1.165, 1.54) is 12.5 Å². The Morgan fingerprint density at radius 1 is 1.73 bits per heavy atom. The lowest BCUT2D eigenvalue weighted by Gasteiger charge is -2.25. The van der Waals surface area contributed by atoms with E-state index in [1.54, 1.807) is 13.0 Å². The van der Waals surface area contributed by atoms with Crippen molar-refractivity contribution in [1.29, 1.82) is 0 Å². The van der Waals surface area contributed by atoms with Gasteiger partial charge in [-0.1, -0.05) is 6.92 Å². The molecule has 1 aromatic rings. The molecule has 2 atom stereocenters. The third kappa shape index (κ3) is 1.40. The molecule has 0 saturated carbocycles. The average molecular weight is 209 g/mol. The molecule has 1 amide bonds. The monoisotopic (exact) mass is 209 g/mol. The molecule has 0 radical (unpaired) electrons. The van der Waals surface area contributed by atoms with Crippen molar-refractivity contribution < 1.29 is 19.1 Å². The molecule has 1 aromatic heterocycles. The maximum atomic E-state index is 11.3. The topological polar surface area (TPSA) is 79.5 Å². The van der Waals surface area contributed by atoms with Gasteiger partial charge in [0, 0.05) is 11.8 Å². The number of rotatable bonds is 2. The third-order valence-electron chi connectivity index (χ3n) is 2.90. The van der Waals surface area contributed by atoms with Crippen molar-refractivity contribution in [1.82, 2.24) is 5.32 Å². The number of carbonyl (C=O) groups excluding carboxylic acids is 1. The number of carboxylic acids is 1. The zero-order chi connectivity index (χ0) is 11.1. The molecule has 2 heterocycles. The Bertz CT molecular complexity index is 398. The van der Waals surface area contributed by atoms with Crippen LogP contribution in [0.4, 0.5) is 0 Å². The molecule has 2 N–H and O–H groups in total. The zero-order valence-corrected chi connectivity index (χ0v) is 8.19. The van der Waals surface area contributed by atoms with Crippen molar-refractivity contribution >= 4 is 11.9 Å². The first-order valence-corrected chi connectivity index (χ1v) is 4.59. The fraction of sp³-hybridized carbons (Fsp3) is 0.400. The highest BCUT2D eigenvalue weighted by Gasteiger charge is 2.49. The van der Waals surface area contributed by atoms with E-state index < -0.39 is 17.4 Å². The molecule has 80 valence electrons. The molecule has 1 fully saturated rings. The van der Waals surface area contributed by atoms with Crippen LogP contribution in [0.25, 0.3) is 0 Å². The van der Waals surface area contributed by atoms with Crippen molar-refractivity contribution in [2.45, 2.75) is 24.8 Å². The highest BCUT2D eigenvalue weighted by molar-refractivity contribution is 5.90. The number of hydrogen-bond donors (Lipinski definition) is 2. The molecule has 0 bridgehead atoms. The highest BCUT2D eigenvalue weighted by Crippen LogP contribution is 2.35. The normalized spacial score (nSPS) is 30.2. The Labute approximate surface area is 86.1 Å². The summed E-state index contributed by atoms with van der Waals surface area (Å²) in [5, 5.41) is 11.5. The SMILES string of the molecule is CC1(c2ccoc2)CC(=O)NC1C(=O)O. The van der Waals surface area contributed by atoms with E-state index >= 15 is 0 Å². The van der Waals surface area contributed by atoms with E-state index in [4.69, 9.17) is 9.52 Å². The number of carbonyl (C=O) groups is 2. The predicted molar refractivity (Wildman–Crippen MR) is 50.2 cm³/mol. The van der Waals surface area contributed by atoms with Crippen molar-refractivity contribution in [3.05, 3.63) is 24.2 Å². The van der Waals surface area contributed by atoms with E-state index in [0.29, 0.717) is 0 Å². The van der Waals surface area contributed by atoms with Gasteiger partial charge < -0.3 is 14.8 Å². The minimum Gasteiger partial charge on any atom is -0.480 e. The number of carboxylic acid groups (broad SMARTS) is 1. The Balaban J connectivity index is 2.41. The van der Waals surface area contributed by atoms with Gasteiger partial charge in [-0.3, -0.25) is 4.79 Å². The molecule has 15 heavy (non-hydrogen) atoms. The molecule has 0 spiro atoms. The van der Waals surface area contributed by atoms with Crippen molar-refractivity contribution in [2.75, 3.05) is 0 Å². The standard InChI is InChI=1S/C10H11NO4/c1-10(6-2-3-15-5-6)4-7(12)11-8(10)9(13)14/h2-3,5,8H,4H2,1H3,(H,11,12)(H,13,14). The summed E-state index contributed by atoms with van der Waals surface area (Å²) in [6.45, 7) is 1.74. The first kappa shape index (κ1) is 9.76. The number of nitrogens with one attached hydrogen (secondary N) is 1. The summed E-state index contributed by atoms with van der Waals surface area (Å²) >= 11 is 0. The minimum absolute atomic E-state index is 0.170. The van der Waals surface area contributed by atoms with Gasteiger partial charge in [0.2, 0.25) is 5.91 Å². The molecule has 5 heteroatoms. The van der Waals surface area contributed by atoms with E-state index in [-0.39, 0.29) is 12.3 Å². The predicted octanol–water partition coefficient (Wildman–Crippen LogP) is 0.510. The lowest BCUT2D eigenvalue weighted by Crippen LogP contribution is -2.44. The Morgan fingerprint density at radius 3 is 3.00 bits per heavy atom. The van der Waals surface area contributed by atoms with E-state index in [1.807, 2.05) is 0 Å². The van der Waals surface area contributed by atoms with Crippen LogP contribution >= 0.6 is 0 Å². The molecule has 0 aliphatic carbocycles. The average Bonchev–Trinajstić information content (AvgIpc) is 2.72. The molecule has 2 rings (SSSR count). The van der Waals surface area contributed by atoms with Gasteiger partial charge in [-0.15, -0.1) is 0 Å². The van der Waals surface area contributed by atoms with Crippen LogP contribution in [0.15, 0.2) is 23.0 Å². The van der Waals surface area contributed by atoms with Crippen molar-refractivity contribution in [2.24, 2.45) is 0 Å². The molecule has 1 saturated heterocycles. The quantitative estimate of drug-likeness (QED) is 0.743. The van der Waals surface area contributed by atoms with Crippen LogP contribution < -0.4 is 5.32 Å². The summed E-state index contributed by atoms with van der Waals surface area (Å²) < 4.78 is 4.92. The second kappa shape index (κ2) is 3.12. The first-order chi connectivity index (χ1) is 7.04. The number of furan rings is 1. The molecule has 1 aliphatic rings. The summed E-state index contributed by atoms with van der Waals surface area (Å²) in [7, 11) is 0. The van der Waals surface area contributed by atoms with Crippen LogP contribution in [0.5, 0.6) is 0 Å². The van der Waals surface area contributed by atoms with Gasteiger partial charge in [-0.05, 0) is 11.6 Å². The van der Waals surface area contributed by atoms with Gasteiger partial charge >= 0.3 is 5.97 Å². The van der Waals surface area contributed by atoms with Gasteiger partial charge in [0.25, 0.3) is 0 Å². The summed E-state index contributed by atoms with van der Waals surface area (Å²) in [5.74, 6) is -1.27. The molecule has 0 aromatic carbocycles. The third-order valence-corrected chi connectivity index (χ3v) is 2.90. The lowest BCUT2D eigenvalue weighted by atomic mass is 9.77. The maximum Gasteiger partial charge on any atom is 0.327 e. The summed E-state index contributed by atoms with van der Waals surface area (Å²) in [6.07, 6.45) is 3.13. The summed E-state index contributed by atoms with van der Waals surface area (Å²) in [6, 6.07) is 0.804. The van der Waals surface area contributed by atoms with Crippen LogP contribution in [-0.4, -0.2) is 23.0 Å². The summed E-state index contributed by atoms with van der Waals surface area (Å²) in [4.78, 5) is 22.3. The molecular weight excluding hydrogens is 198 g/mol. The fourth-order valence-corrected chi connectivity index (χ4v) is 2.00.